The molecule has 0 unspecified atom stereocenters. The molecule has 2 heterocycles. The van der Waals surface area contributed by atoms with Crippen LogP contribution in [0.25, 0.3) is 0 Å². The molecule has 0 radical (unpaired) electrons. The standard InChI is InChI=1S/C16H15F5N4O5/c1-16(29)12(27)5(3-26)30-13(16)4-2-22-15(28)23-14(4)25-24-11-9(20)7(18)6(17)8(19)10(11)21/h2,5,12-13,24,26-27,29H,3H2,1H3,(H2,22,23,25,28)/t5-,12-,13+,16-/m1/s1. The number of aromatic amines is 1. The highest BCUT2D eigenvalue weighted by atomic mass is 19.2. The molecule has 164 valence electrons. The van der Waals surface area contributed by atoms with Crippen LogP contribution in [0.15, 0.2) is 11.0 Å². The van der Waals surface area contributed by atoms with Crippen molar-refractivity contribution in [1.82, 2.24) is 9.97 Å². The maximum absolute atomic E-state index is 13.8. The number of hydrogen-bond donors (Lipinski definition) is 6. The van der Waals surface area contributed by atoms with E-state index in [4.69, 9.17) is 4.74 Å². The van der Waals surface area contributed by atoms with Crippen LogP contribution in [-0.2, 0) is 4.74 Å². The summed E-state index contributed by atoms with van der Waals surface area (Å²) >= 11 is 0. The fourth-order valence-corrected chi connectivity index (χ4v) is 2.99. The number of nitrogens with one attached hydrogen (secondary N) is 3. The van der Waals surface area contributed by atoms with Crippen LogP contribution >= 0.6 is 0 Å². The third-order valence-electron chi connectivity index (χ3n) is 4.61. The third-order valence-corrected chi connectivity index (χ3v) is 4.61. The minimum atomic E-state index is -2.36. The zero-order valence-electron chi connectivity index (χ0n) is 15.0. The zero-order chi connectivity index (χ0) is 22.4. The average Bonchev–Trinajstić information content (AvgIpc) is 2.94. The van der Waals surface area contributed by atoms with Crippen LogP contribution in [0.5, 0.6) is 0 Å². The van der Waals surface area contributed by atoms with E-state index < -0.39 is 76.8 Å². The van der Waals surface area contributed by atoms with Crippen molar-refractivity contribution in [2.75, 3.05) is 17.5 Å². The molecule has 9 nitrogen and oxygen atoms in total. The van der Waals surface area contributed by atoms with E-state index in [1.54, 1.807) is 5.43 Å². The van der Waals surface area contributed by atoms with Gasteiger partial charge in [-0.15, -0.1) is 0 Å². The largest absolute Gasteiger partial charge is 0.394 e. The van der Waals surface area contributed by atoms with Gasteiger partial charge in [0, 0.05) is 11.8 Å². The number of hydrazine groups is 1. The number of nitrogens with zero attached hydrogens (tertiary/aromatic N) is 1. The first-order valence-corrected chi connectivity index (χ1v) is 8.30. The van der Waals surface area contributed by atoms with Crippen molar-refractivity contribution in [2.24, 2.45) is 0 Å². The topological polar surface area (TPSA) is 140 Å². The van der Waals surface area contributed by atoms with Gasteiger partial charge in [-0.05, 0) is 6.92 Å². The van der Waals surface area contributed by atoms with E-state index in [-0.39, 0.29) is 5.56 Å². The molecule has 1 saturated heterocycles. The van der Waals surface area contributed by atoms with Gasteiger partial charge in [-0.25, -0.2) is 26.7 Å². The van der Waals surface area contributed by atoms with E-state index in [2.05, 4.69) is 9.97 Å². The van der Waals surface area contributed by atoms with E-state index in [1.807, 2.05) is 5.43 Å². The summed E-state index contributed by atoms with van der Waals surface area (Å²) in [5.41, 5.74) is -0.807. The molecule has 2 aromatic rings. The molecule has 14 heteroatoms. The quantitative estimate of drug-likeness (QED) is 0.171. The summed E-state index contributed by atoms with van der Waals surface area (Å²) in [6.07, 6.45) is -3.19. The van der Waals surface area contributed by atoms with Crippen LogP contribution < -0.4 is 16.5 Å². The minimum absolute atomic E-state index is 0.161. The van der Waals surface area contributed by atoms with Gasteiger partial charge in [0.25, 0.3) is 0 Å². The van der Waals surface area contributed by atoms with Crippen molar-refractivity contribution in [3.63, 3.8) is 0 Å². The molecular weight excluding hydrogens is 423 g/mol. The molecule has 0 bridgehead atoms. The molecule has 1 fully saturated rings. The second kappa shape index (κ2) is 7.79. The molecule has 6 N–H and O–H groups in total. The predicted molar refractivity (Wildman–Crippen MR) is 89.7 cm³/mol. The Kier molecular flexibility index (Phi) is 5.68. The second-order valence-electron chi connectivity index (χ2n) is 6.61. The van der Waals surface area contributed by atoms with Gasteiger partial charge in [0.15, 0.2) is 29.1 Å². The SMILES string of the molecule is C[C@@]1(O)[C@H](O)[C@@H](CO)O[C@H]1c1c[nH]c(=O)nc1NNc1c(F)c(F)c(F)c(F)c1F. The van der Waals surface area contributed by atoms with E-state index in [9.17, 15) is 42.1 Å². The lowest BCUT2D eigenvalue weighted by Gasteiger charge is -2.27. The van der Waals surface area contributed by atoms with Gasteiger partial charge in [-0.3, -0.25) is 10.9 Å². The zero-order valence-corrected chi connectivity index (χ0v) is 15.0. The summed E-state index contributed by atoms with van der Waals surface area (Å²) < 4.78 is 72.8. The highest BCUT2D eigenvalue weighted by Crippen LogP contribution is 2.43. The Bertz CT molecular complexity index is 1000. The lowest BCUT2D eigenvalue weighted by Crippen LogP contribution is -2.43. The van der Waals surface area contributed by atoms with Gasteiger partial charge < -0.3 is 25.0 Å². The van der Waals surface area contributed by atoms with E-state index >= 15 is 0 Å². The van der Waals surface area contributed by atoms with Crippen molar-refractivity contribution in [1.29, 1.82) is 0 Å². The van der Waals surface area contributed by atoms with Crippen molar-refractivity contribution in [3.05, 3.63) is 51.3 Å². The molecule has 0 saturated carbocycles. The van der Waals surface area contributed by atoms with Crippen LogP contribution in [0.2, 0.25) is 0 Å². The molecule has 4 atom stereocenters. The molecule has 30 heavy (non-hydrogen) atoms. The van der Waals surface area contributed by atoms with Gasteiger partial charge >= 0.3 is 5.69 Å². The highest BCUT2D eigenvalue weighted by Gasteiger charge is 2.53. The third kappa shape index (κ3) is 3.47. The molecular formula is C16H15F5N4O5. The first-order valence-electron chi connectivity index (χ1n) is 8.30. The normalized spacial score (nSPS) is 26.1. The van der Waals surface area contributed by atoms with E-state index in [0.29, 0.717) is 0 Å². The number of rotatable bonds is 5. The smallest absolute Gasteiger partial charge is 0.346 e. The van der Waals surface area contributed by atoms with Crippen molar-refractivity contribution >= 4 is 11.5 Å². The van der Waals surface area contributed by atoms with Gasteiger partial charge in [-0.2, -0.15) is 4.98 Å². The number of aliphatic hydroxyl groups is 3. The highest BCUT2D eigenvalue weighted by molar-refractivity contribution is 5.55. The summed E-state index contributed by atoms with van der Waals surface area (Å²) in [4.78, 5) is 17.2. The van der Waals surface area contributed by atoms with Crippen LogP contribution in [0, 0.1) is 29.1 Å². The molecule has 0 aliphatic carbocycles. The lowest BCUT2D eigenvalue weighted by atomic mass is 9.89. The summed E-state index contributed by atoms with van der Waals surface area (Å²) in [7, 11) is 0. The van der Waals surface area contributed by atoms with Gasteiger partial charge in [-0.1, -0.05) is 0 Å². The number of H-pyrrole nitrogens is 1. The number of hydrogen-bond acceptors (Lipinski definition) is 8. The first kappa shape index (κ1) is 21.9. The Balaban J connectivity index is 1.98. The summed E-state index contributed by atoms with van der Waals surface area (Å²) in [5.74, 6) is -11.6. The molecule has 1 aliphatic heterocycles. The molecule has 1 aromatic carbocycles. The fraction of sp³-hybridized carbons (Fsp3) is 0.375. The van der Waals surface area contributed by atoms with Crippen LogP contribution in [0.3, 0.4) is 0 Å². The molecule has 1 aliphatic rings. The van der Waals surface area contributed by atoms with Gasteiger partial charge in [0.2, 0.25) is 5.82 Å². The van der Waals surface area contributed by atoms with Crippen LogP contribution in [0.1, 0.15) is 18.6 Å². The second-order valence-corrected chi connectivity index (χ2v) is 6.61. The number of aromatic nitrogens is 2. The lowest BCUT2D eigenvalue weighted by molar-refractivity contribution is -0.0645. The molecule has 3 rings (SSSR count). The number of halogens is 5. The fourth-order valence-electron chi connectivity index (χ4n) is 2.99. The Hall–Kier alpha value is -2.81. The number of ether oxygens (including phenoxy) is 1. The summed E-state index contributed by atoms with van der Waals surface area (Å²) in [5, 5.41) is 29.9. The van der Waals surface area contributed by atoms with Crippen LogP contribution in [-0.4, -0.2) is 49.7 Å². The number of anilines is 2. The maximum Gasteiger partial charge on any atom is 0.346 e. The maximum atomic E-state index is 13.8. The Labute approximate surface area is 164 Å². The Morgan fingerprint density at radius 3 is 2.23 bits per heavy atom. The monoisotopic (exact) mass is 438 g/mol. The van der Waals surface area contributed by atoms with Gasteiger partial charge in [0.05, 0.1) is 6.61 Å². The predicted octanol–water partition coefficient (Wildman–Crippen LogP) is 0.448. The van der Waals surface area contributed by atoms with Crippen molar-refractivity contribution in [3.8, 4) is 0 Å². The van der Waals surface area contributed by atoms with Crippen molar-refractivity contribution < 1.29 is 42.0 Å². The van der Waals surface area contributed by atoms with E-state index in [0.717, 1.165) is 13.1 Å². The average molecular weight is 438 g/mol. The summed E-state index contributed by atoms with van der Waals surface area (Å²) in [6.45, 7) is 0.487. The van der Waals surface area contributed by atoms with Crippen molar-refractivity contribution in [2.45, 2.75) is 30.8 Å². The number of aliphatic hydroxyl groups excluding tert-OH is 2. The Morgan fingerprint density at radius 2 is 1.70 bits per heavy atom. The van der Waals surface area contributed by atoms with Gasteiger partial charge in [0.1, 0.15) is 29.6 Å². The number of benzene rings is 1. The van der Waals surface area contributed by atoms with E-state index in [1.165, 1.54) is 0 Å². The molecule has 1 aromatic heterocycles. The Morgan fingerprint density at radius 1 is 1.13 bits per heavy atom. The molecule has 0 spiro atoms. The van der Waals surface area contributed by atoms with Crippen LogP contribution in [0.4, 0.5) is 33.5 Å². The molecule has 0 amide bonds. The minimum Gasteiger partial charge on any atom is -0.394 e. The first-order chi connectivity index (χ1) is 14.0. The summed E-state index contributed by atoms with van der Waals surface area (Å²) in [6, 6.07) is 0.